The van der Waals surface area contributed by atoms with Gasteiger partial charge in [-0.25, -0.2) is 14.3 Å². The second kappa shape index (κ2) is 21.6. The van der Waals surface area contributed by atoms with E-state index in [-0.39, 0.29) is 18.2 Å². The lowest BCUT2D eigenvalue weighted by Crippen LogP contribution is -2.38. The standard InChI is InChI=1S/C29H49N4O5P/c1-8-13-15-16-17-22-36-39(33(21-14-9-2)25(6)29(34)35-12-5)37-23-27(10-3)38-26(7)28-19-18-20-32(28)31-24-30-11-4/h11,13,15-20,24-27H,8-10,12,14,21-23H2,1-7H3/b15-13-,17-16-,30-11-,31-24-. The van der Waals surface area contributed by atoms with Gasteiger partial charge >= 0.3 is 5.97 Å². The zero-order valence-corrected chi connectivity index (χ0v) is 25.8. The Morgan fingerprint density at radius 3 is 2.59 bits per heavy atom. The molecular formula is C29H49N4O5P. The fourth-order valence-electron chi connectivity index (χ4n) is 3.49. The first-order valence-electron chi connectivity index (χ1n) is 14.1. The zero-order chi connectivity index (χ0) is 28.9. The molecule has 0 bridgehead atoms. The number of hydrogen-bond acceptors (Lipinski definition) is 7. The minimum absolute atomic E-state index is 0.177. The van der Waals surface area contributed by atoms with Crippen LogP contribution in [0, 0.1) is 0 Å². The van der Waals surface area contributed by atoms with Gasteiger partial charge < -0.3 is 18.5 Å². The molecule has 1 rings (SSSR count). The van der Waals surface area contributed by atoms with Gasteiger partial charge in [0, 0.05) is 19.0 Å². The van der Waals surface area contributed by atoms with E-state index >= 15 is 0 Å². The van der Waals surface area contributed by atoms with E-state index in [9.17, 15) is 4.79 Å². The van der Waals surface area contributed by atoms with Gasteiger partial charge in [0.1, 0.15) is 12.4 Å². The zero-order valence-electron chi connectivity index (χ0n) is 24.9. The molecule has 0 aliphatic carbocycles. The molecule has 10 heteroatoms. The predicted molar refractivity (Wildman–Crippen MR) is 161 cm³/mol. The number of nitrogens with zero attached hydrogens (tertiary/aromatic N) is 4. The van der Waals surface area contributed by atoms with E-state index in [4.69, 9.17) is 18.5 Å². The fraction of sp³-hybridized carbons (Fsp3) is 0.621. The van der Waals surface area contributed by atoms with Gasteiger partial charge in [-0.2, -0.15) is 5.10 Å². The van der Waals surface area contributed by atoms with E-state index in [0.717, 1.165) is 31.4 Å². The molecule has 0 aliphatic heterocycles. The van der Waals surface area contributed by atoms with Crippen molar-refractivity contribution in [1.29, 1.82) is 0 Å². The molecule has 0 radical (unpaired) electrons. The van der Waals surface area contributed by atoms with Crippen molar-refractivity contribution >= 4 is 27.0 Å². The normalized spacial score (nSPS) is 15.7. The van der Waals surface area contributed by atoms with Gasteiger partial charge in [-0.3, -0.25) is 4.79 Å². The van der Waals surface area contributed by atoms with E-state index in [1.807, 2.05) is 68.9 Å². The van der Waals surface area contributed by atoms with E-state index in [1.54, 1.807) is 10.9 Å². The van der Waals surface area contributed by atoms with E-state index < -0.39 is 14.6 Å². The molecule has 0 aliphatic rings. The Morgan fingerprint density at radius 1 is 1.15 bits per heavy atom. The third kappa shape index (κ3) is 13.6. The molecule has 220 valence electrons. The summed E-state index contributed by atoms with van der Waals surface area (Å²) in [5.41, 5.74) is 0.917. The molecule has 0 saturated carbocycles. The van der Waals surface area contributed by atoms with E-state index in [2.05, 4.69) is 36.9 Å². The topological polar surface area (TPSA) is 86.9 Å². The minimum atomic E-state index is -1.53. The number of aliphatic imine (C=N–C) groups is 1. The molecule has 4 unspecified atom stereocenters. The first-order valence-corrected chi connectivity index (χ1v) is 15.2. The van der Waals surface area contributed by atoms with Crippen molar-refractivity contribution in [1.82, 2.24) is 9.35 Å². The number of allylic oxidation sites excluding steroid dienone is 3. The van der Waals surface area contributed by atoms with Gasteiger partial charge in [-0.1, -0.05) is 51.5 Å². The number of ether oxygens (including phenoxy) is 2. The average Bonchev–Trinajstić information content (AvgIpc) is 3.41. The number of carbonyl (C=O) groups excluding carboxylic acids is 1. The van der Waals surface area contributed by atoms with Crippen LogP contribution in [0.2, 0.25) is 0 Å². The second-order valence-electron chi connectivity index (χ2n) is 8.76. The van der Waals surface area contributed by atoms with Crippen LogP contribution in [0.3, 0.4) is 0 Å². The largest absolute Gasteiger partial charge is 0.465 e. The Kier molecular flexibility index (Phi) is 19.3. The van der Waals surface area contributed by atoms with E-state index in [1.165, 1.54) is 6.34 Å². The molecule has 9 nitrogen and oxygen atoms in total. The molecule has 0 fully saturated rings. The Labute approximate surface area is 236 Å². The van der Waals surface area contributed by atoms with Gasteiger partial charge in [0.05, 0.1) is 37.7 Å². The summed E-state index contributed by atoms with van der Waals surface area (Å²) >= 11 is 0. The van der Waals surface area contributed by atoms with Crippen LogP contribution in [0.4, 0.5) is 0 Å². The Bertz CT molecular complexity index is 902. The summed E-state index contributed by atoms with van der Waals surface area (Å²) in [6.45, 7) is 15.5. The summed E-state index contributed by atoms with van der Waals surface area (Å²) in [5.74, 6) is -0.277. The van der Waals surface area contributed by atoms with Crippen molar-refractivity contribution < 1.29 is 23.3 Å². The number of unbranched alkanes of at least 4 members (excludes halogenated alkanes) is 1. The summed E-state index contributed by atoms with van der Waals surface area (Å²) in [7, 11) is -1.53. The third-order valence-electron chi connectivity index (χ3n) is 5.72. The number of aromatic nitrogens is 1. The van der Waals surface area contributed by atoms with Crippen LogP contribution in [-0.4, -0.2) is 66.4 Å². The SMILES string of the molecule is C/C=N\C=N/n1cccc1C(C)OC(CC)COP(OC/C=C\C=C/CC)N(CCCC)C(C)C(=O)OCC. The van der Waals surface area contributed by atoms with Crippen molar-refractivity contribution in [2.24, 2.45) is 10.1 Å². The van der Waals surface area contributed by atoms with Crippen molar-refractivity contribution in [3.63, 3.8) is 0 Å². The highest BCUT2D eigenvalue weighted by atomic mass is 31.2. The lowest BCUT2D eigenvalue weighted by molar-refractivity contribution is -0.147. The maximum Gasteiger partial charge on any atom is 0.323 e. The van der Waals surface area contributed by atoms with Gasteiger partial charge in [0.2, 0.25) is 0 Å². The van der Waals surface area contributed by atoms with Gasteiger partial charge in [0.15, 0.2) is 0 Å². The van der Waals surface area contributed by atoms with Crippen LogP contribution < -0.4 is 0 Å². The summed E-state index contributed by atoms with van der Waals surface area (Å²) in [6.07, 6.45) is 16.3. The monoisotopic (exact) mass is 564 g/mol. The smallest absolute Gasteiger partial charge is 0.323 e. The van der Waals surface area contributed by atoms with Crippen LogP contribution in [0.5, 0.6) is 0 Å². The third-order valence-corrected chi connectivity index (χ3v) is 7.42. The van der Waals surface area contributed by atoms with Crippen LogP contribution in [0.25, 0.3) is 0 Å². The van der Waals surface area contributed by atoms with Crippen molar-refractivity contribution in [3.05, 3.63) is 48.3 Å². The molecule has 0 saturated heterocycles. The highest BCUT2D eigenvalue weighted by molar-refractivity contribution is 7.44. The molecule has 0 spiro atoms. The summed E-state index contributed by atoms with van der Waals surface area (Å²) in [5, 5.41) is 4.35. The quantitative estimate of drug-likeness (QED) is 0.0522. The molecule has 0 N–H and O–H groups in total. The van der Waals surface area contributed by atoms with Crippen LogP contribution in [0.15, 0.2) is 52.7 Å². The van der Waals surface area contributed by atoms with Crippen molar-refractivity contribution in [2.75, 3.05) is 26.4 Å². The van der Waals surface area contributed by atoms with Crippen LogP contribution >= 0.6 is 8.53 Å². The van der Waals surface area contributed by atoms with Crippen molar-refractivity contribution in [2.45, 2.75) is 92.4 Å². The molecule has 1 aromatic heterocycles. The maximum atomic E-state index is 12.7. The number of hydrogen-bond donors (Lipinski definition) is 0. The molecule has 39 heavy (non-hydrogen) atoms. The molecule has 0 amide bonds. The highest BCUT2D eigenvalue weighted by Crippen LogP contribution is 2.45. The fourth-order valence-corrected chi connectivity index (χ4v) is 5.05. The van der Waals surface area contributed by atoms with Gasteiger partial charge in [-0.15, -0.1) is 0 Å². The van der Waals surface area contributed by atoms with Crippen molar-refractivity contribution in [3.8, 4) is 0 Å². The van der Waals surface area contributed by atoms with E-state index in [0.29, 0.717) is 26.4 Å². The average molecular weight is 565 g/mol. The first-order chi connectivity index (χ1) is 18.9. The molecule has 0 aromatic carbocycles. The number of rotatable bonds is 21. The number of esters is 1. The predicted octanol–water partition coefficient (Wildman–Crippen LogP) is 7.06. The lowest BCUT2D eigenvalue weighted by Gasteiger charge is -2.33. The van der Waals surface area contributed by atoms with Gasteiger partial charge in [-0.05, 0) is 59.1 Å². The molecular weight excluding hydrogens is 515 g/mol. The first kappa shape index (κ1) is 34.9. The second-order valence-corrected chi connectivity index (χ2v) is 10.3. The molecule has 1 heterocycles. The maximum absolute atomic E-state index is 12.7. The Morgan fingerprint density at radius 2 is 1.92 bits per heavy atom. The minimum Gasteiger partial charge on any atom is -0.465 e. The summed E-state index contributed by atoms with van der Waals surface area (Å²) in [4.78, 5) is 16.7. The summed E-state index contributed by atoms with van der Waals surface area (Å²) in [6, 6.07) is 3.42. The van der Waals surface area contributed by atoms with Crippen LogP contribution in [-0.2, 0) is 23.3 Å². The highest BCUT2D eigenvalue weighted by Gasteiger charge is 2.32. The number of carbonyl (C=O) groups is 1. The van der Waals surface area contributed by atoms with Gasteiger partial charge in [0.25, 0.3) is 8.53 Å². The Hall–Kier alpha value is -2.16. The molecule has 1 aromatic rings. The van der Waals surface area contributed by atoms with Crippen LogP contribution in [0.1, 0.15) is 85.9 Å². The lowest BCUT2D eigenvalue weighted by atomic mass is 10.2. The summed E-state index contributed by atoms with van der Waals surface area (Å²) < 4.78 is 28.1. The Balaban J connectivity index is 3.01. The molecule has 4 atom stereocenters.